The minimum atomic E-state index is 0.307. The normalized spacial score (nSPS) is 26.3. The smallest absolute Gasteiger partial charge is 0.141 e. The van der Waals surface area contributed by atoms with Crippen LogP contribution in [-0.4, -0.2) is 38.8 Å². The predicted molar refractivity (Wildman–Crippen MR) is 67.3 cm³/mol. The van der Waals surface area contributed by atoms with Crippen molar-refractivity contribution in [2.45, 2.75) is 45.8 Å². The number of hydrogen-bond acceptors (Lipinski definition) is 4. The van der Waals surface area contributed by atoms with Crippen LogP contribution in [-0.2, 0) is 13.1 Å². The van der Waals surface area contributed by atoms with Crippen molar-refractivity contribution >= 4 is 0 Å². The molecule has 0 bridgehead atoms. The van der Waals surface area contributed by atoms with Gasteiger partial charge in [0.15, 0.2) is 0 Å². The molecule has 0 saturated carbocycles. The largest absolute Gasteiger partial charge is 0.327 e. The lowest BCUT2D eigenvalue weighted by molar-refractivity contribution is 0.153. The molecule has 0 aliphatic carbocycles. The highest BCUT2D eigenvalue weighted by molar-refractivity contribution is 4.88. The van der Waals surface area contributed by atoms with E-state index in [4.69, 9.17) is 5.73 Å². The maximum atomic E-state index is 6.06. The van der Waals surface area contributed by atoms with Crippen molar-refractivity contribution in [1.29, 1.82) is 0 Å². The lowest BCUT2D eigenvalue weighted by Gasteiger charge is -2.34. The Labute approximate surface area is 103 Å². The Morgan fingerprint density at radius 1 is 1.47 bits per heavy atom. The Bertz CT molecular complexity index is 338. The van der Waals surface area contributed by atoms with Crippen molar-refractivity contribution < 1.29 is 0 Å². The van der Waals surface area contributed by atoms with E-state index in [1.165, 1.54) is 0 Å². The van der Waals surface area contributed by atoms with Crippen LogP contribution in [0.4, 0.5) is 0 Å². The van der Waals surface area contributed by atoms with Crippen LogP contribution in [0.25, 0.3) is 0 Å². The minimum absolute atomic E-state index is 0.307. The van der Waals surface area contributed by atoms with Gasteiger partial charge in [-0.2, -0.15) is 5.10 Å². The van der Waals surface area contributed by atoms with Crippen molar-refractivity contribution in [1.82, 2.24) is 19.7 Å². The topological polar surface area (TPSA) is 60.0 Å². The molecule has 5 nitrogen and oxygen atoms in total. The molecule has 2 atom stereocenters. The minimum Gasteiger partial charge on any atom is -0.327 e. The van der Waals surface area contributed by atoms with Gasteiger partial charge >= 0.3 is 0 Å². The molecule has 2 N–H and O–H groups in total. The van der Waals surface area contributed by atoms with Crippen LogP contribution in [0, 0.1) is 5.92 Å². The first-order valence-electron chi connectivity index (χ1n) is 6.53. The maximum Gasteiger partial charge on any atom is 0.141 e. The van der Waals surface area contributed by atoms with Gasteiger partial charge in [0, 0.05) is 25.7 Å². The van der Waals surface area contributed by atoms with Gasteiger partial charge < -0.3 is 5.73 Å². The van der Waals surface area contributed by atoms with Crippen molar-refractivity contribution in [3.8, 4) is 0 Å². The Hall–Kier alpha value is -0.940. The number of nitrogens with two attached hydrogens (primary N) is 1. The summed E-state index contributed by atoms with van der Waals surface area (Å²) in [5, 5.41) is 4.26. The van der Waals surface area contributed by atoms with Crippen molar-refractivity contribution in [2.75, 3.05) is 13.1 Å². The zero-order valence-electron chi connectivity index (χ0n) is 10.8. The summed E-state index contributed by atoms with van der Waals surface area (Å²) in [5.41, 5.74) is 6.06. The third kappa shape index (κ3) is 3.26. The highest BCUT2D eigenvalue weighted by atomic mass is 15.3. The summed E-state index contributed by atoms with van der Waals surface area (Å²) in [6.45, 7) is 8.34. The van der Waals surface area contributed by atoms with Crippen LogP contribution in [0.3, 0.4) is 0 Å². The molecule has 1 aromatic rings. The van der Waals surface area contributed by atoms with Crippen molar-refractivity contribution in [3.05, 3.63) is 12.2 Å². The van der Waals surface area contributed by atoms with E-state index in [0.29, 0.717) is 12.0 Å². The summed E-state index contributed by atoms with van der Waals surface area (Å²) >= 11 is 0. The number of rotatable bonds is 4. The zero-order valence-corrected chi connectivity index (χ0v) is 10.8. The molecule has 1 aromatic heterocycles. The summed E-state index contributed by atoms with van der Waals surface area (Å²) in [5.74, 6) is 1.74. The van der Waals surface area contributed by atoms with E-state index in [-0.39, 0.29) is 0 Å². The monoisotopic (exact) mass is 237 g/mol. The SMILES string of the molecule is CCCn1ncnc1CN1CC(C)CC(N)C1. The second-order valence-electron chi connectivity index (χ2n) is 5.19. The van der Waals surface area contributed by atoms with E-state index < -0.39 is 0 Å². The third-order valence-corrected chi connectivity index (χ3v) is 3.26. The van der Waals surface area contributed by atoms with E-state index >= 15 is 0 Å². The molecule has 1 saturated heterocycles. The van der Waals surface area contributed by atoms with Crippen LogP contribution in [0.15, 0.2) is 6.33 Å². The number of aryl methyl sites for hydroxylation is 1. The fourth-order valence-corrected chi connectivity index (χ4v) is 2.65. The summed E-state index contributed by atoms with van der Waals surface area (Å²) in [6, 6.07) is 0.307. The number of likely N-dealkylation sites (tertiary alicyclic amines) is 1. The van der Waals surface area contributed by atoms with Crippen LogP contribution in [0.1, 0.15) is 32.5 Å². The number of piperidine rings is 1. The van der Waals surface area contributed by atoms with Gasteiger partial charge in [0.05, 0.1) is 6.54 Å². The standard InChI is InChI=1S/C12H23N5/c1-3-4-17-12(14-9-15-17)8-16-6-10(2)5-11(13)7-16/h9-11H,3-8,13H2,1-2H3. The first-order valence-corrected chi connectivity index (χ1v) is 6.53. The molecule has 96 valence electrons. The molecule has 17 heavy (non-hydrogen) atoms. The summed E-state index contributed by atoms with van der Waals surface area (Å²) in [4.78, 5) is 6.75. The lowest BCUT2D eigenvalue weighted by atomic mass is 9.97. The lowest BCUT2D eigenvalue weighted by Crippen LogP contribution is -2.46. The number of hydrogen-bond donors (Lipinski definition) is 1. The van der Waals surface area contributed by atoms with Crippen LogP contribution in [0.5, 0.6) is 0 Å². The highest BCUT2D eigenvalue weighted by Crippen LogP contribution is 2.16. The quantitative estimate of drug-likeness (QED) is 0.843. The Morgan fingerprint density at radius 3 is 3.00 bits per heavy atom. The van der Waals surface area contributed by atoms with Gasteiger partial charge in [-0.25, -0.2) is 9.67 Å². The molecule has 2 unspecified atom stereocenters. The van der Waals surface area contributed by atoms with E-state index in [0.717, 1.165) is 44.8 Å². The van der Waals surface area contributed by atoms with Crippen LogP contribution < -0.4 is 5.73 Å². The molecular weight excluding hydrogens is 214 g/mol. The van der Waals surface area contributed by atoms with E-state index in [1.54, 1.807) is 6.33 Å². The molecule has 0 amide bonds. The van der Waals surface area contributed by atoms with Gasteiger partial charge in [0.2, 0.25) is 0 Å². The van der Waals surface area contributed by atoms with Crippen LogP contribution in [0.2, 0.25) is 0 Å². The van der Waals surface area contributed by atoms with Gasteiger partial charge in [-0.1, -0.05) is 13.8 Å². The maximum absolute atomic E-state index is 6.06. The molecule has 0 aromatic carbocycles. The van der Waals surface area contributed by atoms with Gasteiger partial charge in [0.1, 0.15) is 12.2 Å². The molecule has 2 rings (SSSR count). The van der Waals surface area contributed by atoms with Crippen molar-refractivity contribution in [3.63, 3.8) is 0 Å². The van der Waals surface area contributed by atoms with Gasteiger partial charge in [-0.3, -0.25) is 4.90 Å². The fourth-order valence-electron chi connectivity index (χ4n) is 2.65. The Morgan fingerprint density at radius 2 is 2.29 bits per heavy atom. The zero-order chi connectivity index (χ0) is 12.3. The van der Waals surface area contributed by atoms with Crippen molar-refractivity contribution in [2.24, 2.45) is 11.7 Å². The molecule has 1 aliphatic heterocycles. The summed E-state index contributed by atoms with van der Waals surface area (Å²) in [6.07, 6.45) is 3.88. The van der Waals surface area contributed by atoms with Crippen LogP contribution >= 0.6 is 0 Å². The average Bonchev–Trinajstić information content (AvgIpc) is 2.65. The first kappa shape index (κ1) is 12.5. The summed E-state index contributed by atoms with van der Waals surface area (Å²) in [7, 11) is 0. The van der Waals surface area contributed by atoms with Gasteiger partial charge in [0.25, 0.3) is 0 Å². The fraction of sp³-hybridized carbons (Fsp3) is 0.833. The Balaban J connectivity index is 1.97. The molecule has 5 heteroatoms. The first-order chi connectivity index (χ1) is 8.19. The molecule has 1 aliphatic rings. The molecular formula is C12H23N5. The third-order valence-electron chi connectivity index (χ3n) is 3.26. The average molecular weight is 237 g/mol. The number of nitrogens with zero attached hydrogens (tertiary/aromatic N) is 4. The molecule has 0 spiro atoms. The Kier molecular flexibility index (Phi) is 4.12. The predicted octanol–water partition coefficient (Wildman–Crippen LogP) is 0.857. The highest BCUT2D eigenvalue weighted by Gasteiger charge is 2.23. The van der Waals surface area contributed by atoms with E-state index in [1.807, 2.05) is 4.68 Å². The van der Waals surface area contributed by atoms with E-state index in [2.05, 4.69) is 28.8 Å². The molecule has 2 heterocycles. The van der Waals surface area contributed by atoms with Gasteiger partial charge in [-0.05, 0) is 18.8 Å². The van der Waals surface area contributed by atoms with Gasteiger partial charge in [-0.15, -0.1) is 0 Å². The molecule has 1 fully saturated rings. The second-order valence-corrected chi connectivity index (χ2v) is 5.19. The number of aromatic nitrogens is 3. The summed E-state index contributed by atoms with van der Waals surface area (Å²) < 4.78 is 2.00. The van der Waals surface area contributed by atoms with E-state index in [9.17, 15) is 0 Å². The second kappa shape index (κ2) is 5.60. The molecule has 0 radical (unpaired) electrons.